The molecule has 0 atom stereocenters. The van der Waals surface area contributed by atoms with Crippen LogP contribution in [-0.4, -0.2) is 43.8 Å². The Labute approximate surface area is 132 Å². The first-order valence-corrected chi connectivity index (χ1v) is 8.26. The molecule has 0 spiro atoms. The van der Waals surface area contributed by atoms with E-state index in [0.717, 1.165) is 36.6 Å². The van der Waals surface area contributed by atoms with Gasteiger partial charge in [-0.15, -0.1) is 0 Å². The van der Waals surface area contributed by atoms with Crippen molar-refractivity contribution in [2.45, 2.75) is 52.1 Å². The minimum Gasteiger partial charge on any atom is -0.301 e. The molecule has 0 radical (unpaired) electrons. The molecule has 0 unspecified atom stereocenters. The van der Waals surface area contributed by atoms with E-state index >= 15 is 0 Å². The fraction of sp³-hybridized carbons (Fsp3) is 0.588. The molecule has 3 rings (SSSR count). The van der Waals surface area contributed by atoms with Crippen LogP contribution in [-0.2, 0) is 6.54 Å². The van der Waals surface area contributed by atoms with Gasteiger partial charge in [0, 0.05) is 36.5 Å². The molecule has 0 N–H and O–H groups in total. The van der Waals surface area contributed by atoms with E-state index in [1.807, 2.05) is 29.5 Å². The number of piperidine rings is 1. The third-order valence-corrected chi connectivity index (χ3v) is 4.60. The molecule has 1 fully saturated rings. The lowest BCUT2D eigenvalue weighted by atomic mass is 9.93. The molecular weight excluding hydrogens is 274 g/mol. The highest BCUT2D eigenvalue weighted by Crippen LogP contribution is 2.27. The summed E-state index contributed by atoms with van der Waals surface area (Å²) in [5.74, 6) is 0.551. The Bertz CT molecular complexity index is 594. The monoisotopic (exact) mass is 299 g/mol. The average Bonchev–Trinajstić information content (AvgIpc) is 3.04. The molecule has 0 saturated carbocycles. The summed E-state index contributed by atoms with van der Waals surface area (Å²) >= 11 is 0. The number of likely N-dealkylation sites (tertiary alicyclic amines) is 1. The molecule has 5 heteroatoms. The summed E-state index contributed by atoms with van der Waals surface area (Å²) in [6, 6.07) is 0.643. The van der Waals surface area contributed by atoms with Gasteiger partial charge in [-0.3, -0.25) is 14.6 Å². The molecule has 0 aliphatic carbocycles. The molecule has 118 valence electrons. The summed E-state index contributed by atoms with van der Waals surface area (Å²) in [6.45, 7) is 9.82. The Hall–Kier alpha value is -1.75. The lowest BCUT2D eigenvalue weighted by Gasteiger charge is -2.34. The lowest BCUT2D eigenvalue weighted by Crippen LogP contribution is -2.38. The first-order valence-electron chi connectivity index (χ1n) is 8.26. The molecule has 0 bridgehead atoms. The van der Waals surface area contributed by atoms with E-state index in [1.54, 1.807) is 0 Å². The molecule has 2 aromatic rings. The average molecular weight is 299 g/mol. The van der Waals surface area contributed by atoms with Crippen LogP contribution in [0.2, 0.25) is 0 Å². The van der Waals surface area contributed by atoms with E-state index in [-0.39, 0.29) is 0 Å². The number of nitrogens with zero attached hydrogens (tertiary/aromatic N) is 5. The zero-order valence-electron chi connectivity index (χ0n) is 13.7. The van der Waals surface area contributed by atoms with Crippen molar-refractivity contribution in [2.24, 2.45) is 0 Å². The van der Waals surface area contributed by atoms with E-state index in [2.05, 4.69) is 40.7 Å². The Morgan fingerprint density at radius 1 is 1.14 bits per heavy atom. The summed E-state index contributed by atoms with van der Waals surface area (Å²) in [4.78, 5) is 11.8. The Kier molecular flexibility index (Phi) is 4.52. The molecular formula is C17H25N5. The largest absolute Gasteiger partial charge is 0.301 e. The van der Waals surface area contributed by atoms with Crippen molar-refractivity contribution in [3.63, 3.8) is 0 Å². The molecule has 2 aromatic heterocycles. The van der Waals surface area contributed by atoms with Crippen LogP contribution in [0.3, 0.4) is 0 Å². The molecule has 1 aliphatic rings. The van der Waals surface area contributed by atoms with Gasteiger partial charge in [-0.25, -0.2) is 0 Å². The van der Waals surface area contributed by atoms with Crippen molar-refractivity contribution in [1.29, 1.82) is 0 Å². The van der Waals surface area contributed by atoms with E-state index in [1.165, 1.54) is 12.8 Å². The maximum Gasteiger partial charge on any atom is 0.0916 e. The second kappa shape index (κ2) is 6.57. The normalized spacial score (nSPS) is 17.3. The molecule has 0 aromatic carbocycles. The summed E-state index contributed by atoms with van der Waals surface area (Å²) in [5, 5.41) is 4.29. The topological polar surface area (TPSA) is 46.8 Å². The van der Waals surface area contributed by atoms with Crippen molar-refractivity contribution >= 4 is 0 Å². The fourth-order valence-corrected chi connectivity index (χ4v) is 3.08. The first-order chi connectivity index (χ1) is 10.7. The van der Waals surface area contributed by atoms with E-state index in [4.69, 9.17) is 0 Å². The van der Waals surface area contributed by atoms with Crippen LogP contribution in [0.15, 0.2) is 24.8 Å². The molecule has 1 saturated heterocycles. The number of hydrogen-bond acceptors (Lipinski definition) is 4. The SMILES string of the molecule is CCn1cc(-c2cnc(C3CCN(C(C)C)CC3)cn2)cn1. The van der Waals surface area contributed by atoms with E-state index < -0.39 is 0 Å². The first kappa shape index (κ1) is 15.2. The standard InChI is InChI=1S/C17H25N5/c1-4-22-12-15(9-20-22)17-11-18-16(10-19-17)14-5-7-21(8-6-14)13(2)3/h9-14H,4-8H2,1-3H3. The molecule has 22 heavy (non-hydrogen) atoms. The summed E-state index contributed by atoms with van der Waals surface area (Å²) in [5.41, 5.74) is 3.08. The van der Waals surface area contributed by atoms with Gasteiger partial charge in [0.05, 0.1) is 23.8 Å². The van der Waals surface area contributed by atoms with E-state index in [9.17, 15) is 0 Å². The summed E-state index contributed by atoms with van der Waals surface area (Å²) in [7, 11) is 0. The van der Waals surface area contributed by atoms with Gasteiger partial charge < -0.3 is 4.90 Å². The van der Waals surface area contributed by atoms with Gasteiger partial charge in [-0.2, -0.15) is 5.10 Å². The molecule has 5 nitrogen and oxygen atoms in total. The highest BCUT2D eigenvalue weighted by atomic mass is 15.3. The van der Waals surface area contributed by atoms with Crippen molar-refractivity contribution in [1.82, 2.24) is 24.6 Å². The van der Waals surface area contributed by atoms with E-state index in [0.29, 0.717) is 12.0 Å². The van der Waals surface area contributed by atoms with Gasteiger partial charge >= 0.3 is 0 Å². The number of rotatable bonds is 4. The minimum atomic E-state index is 0.551. The minimum absolute atomic E-state index is 0.551. The van der Waals surface area contributed by atoms with Gasteiger partial charge in [0.1, 0.15) is 0 Å². The summed E-state index contributed by atoms with van der Waals surface area (Å²) < 4.78 is 1.91. The van der Waals surface area contributed by atoms with Crippen molar-refractivity contribution in [3.05, 3.63) is 30.5 Å². The van der Waals surface area contributed by atoms with Crippen LogP contribution >= 0.6 is 0 Å². The molecule has 0 amide bonds. The van der Waals surface area contributed by atoms with Crippen molar-refractivity contribution < 1.29 is 0 Å². The van der Waals surface area contributed by atoms with Crippen molar-refractivity contribution in [3.8, 4) is 11.3 Å². The van der Waals surface area contributed by atoms with Gasteiger partial charge in [0.15, 0.2) is 0 Å². The summed E-state index contributed by atoms with van der Waals surface area (Å²) in [6.07, 6.45) is 10.1. The maximum absolute atomic E-state index is 4.67. The molecule has 1 aliphatic heterocycles. The lowest BCUT2D eigenvalue weighted by molar-refractivity contribution is 0.170. The third kappa shape index (κ3) is 3.19. The van der Waals surface area contributed by atoms with Gasteiger partial charge in [0.2, 0.25) is 0 Å². The molecule has 3 heterocycles. The fourth-order valence-electron chi connectivity index (χ4n) is 3.08. The highest BCUT2D eigenvalue weighted by Gasteiger charge is 2.23. The van der Waals surface area contributed by atoms with Crippen molar-refractivity contribution in [2.75, 3.05) is 13.1 Å². The zero-order chi connectivity index (χ0) is 15.5. The highest BCUT2D eigenvalue weighted by molar-refractivity contribution is 5.55. The predicted octanol–water partition coefficient (Wildman–Crippen LogP) is 2.95. The maximum atomic E-state index is 4.67. The quantitative estimate of drug-likeness (QED) is 0.871. The van der Waals surface area contributed by atoms with Crippen LogP contribution in [0.25, 0.3) is 11.3 Å². The van der Waals surface area contributed by atoms with Gasteiger partial charge in [0.25, 0.3) is 0 Å². The van der Waals surface area contributed by atoms with Crippen LogP contribution < -0.4 is 0 Å². The van der Waals surface area contributed by atoms with Crippen LogP contribution in [0.4, 0.5) is 0 Å². The van der Waals surface area contributed by atoms with Crippen LogP contribution in [0.5, 0.6) is 0 Å². The second-order valence-electron chi connectivity index (χ2n) is 6.32. The number of aryl methyl sites for hydroxylation is 1. The van der Waals surface area contributed by atoms with Crippen LogP contribution in [0.1, 0.15) is 45.2 Å². The Balaban J connectivity index is 1.67. The second-order valence-corrected chi connectivity index (χ2v) is 6.32. The van der Waals surface area contributed by atoms with Gasteiger partial charge in [-0.1, -0.05) is 0 Å². The zero-order valence-corrected chi connectivity index (χ0v) is 13.7. The predicted molar refractivity (Wildman–Crippen MR) is 87.6 cm³/mol. The Morgan fingerprint density at radius 2 is 1.91 bits per heavy atom. The number of aromatic nitrogens is 4. The van der Waals surface area contributed by atoms with Crippen LogP contribution in [0, 0.1) is 0 Å². The Morgan fingerprint density at radius 3 is 2.45 bits per heavy atom. The third-order valence-electron chi connectivity index (χ3n) is 4.60. The van der Waals surface area contributed by atoms with Gasteiger partial charge in [-0.05, 0) is 46.7 Å². The number of hydrogen-bond donors (Lipinski definition) is 0. The smallest absolute Gasteiger partial charge is 0.0916 e.